The summed E-state index contributed by atoms with van der Waals surface area (Å²) in [5.41, 5.74) is -1.23. The molecule has 2 N–H and O–H groups in total. The zero-order valence-electron chi connectivity index (χ0n) is 19.7. The number of ether oxygens (including phenoxy) is 1. The first kappa shape index (κ1) is 23.1. The Morgan fingerprint density at radius 3 is 2.65 bits per heavy atom. The number of nitrogens with one attached hydrogen (secondary N) is 1. The number of hydrogen-bond acceptors (Lipinski definition) is 7. The largest absolute Gasteiger partial charge is 0.472 e. The van der Waals surface area contributed by atoms with Crippen LogP contribution in [0.2, 0.25) is 0 Å². The van der Waals surface area contributed by atoms with Gasteiger partial charge in [0.2, 0.25) is 0 Å². The standard InChI is InChI=1S/C25H33N3O6/c1-17-13-22(27-34-17)26-23(29)15-28-10-7-18(8-11-28)21(14-28)33-24(30)25(31,20-9-12-32-16-20)19-5-3-2-4-6-19/h9,12-13,16,18-19,21,31H,2-8,10-11,14-15H2,1H3/p+1/t18?,21-,25?,28?/m0/s1. The number of esters is 1. The topological polar surface area (TPSA) is 115 Å². The molecule has 34 heavy (non-hydrogen) atoms. The zero-order valence-corrected chi connectivity index (χ0v) is 19.7. The quantitative estimate of drug-likeness (QED) is 0.470. The summed E-state index contributed by atoms with van der Waals surface area (Å²) in [5, 5.41) is 18.4. The van der Waals surface area contributed by atoms with Gasteiger partial charge in [0.25, 0.3) is 5.91 Å². The summed E-state index contributed by atoms with van der Waals surface area (Å²) < 4.78 is 16.9. The second-order valence-corrected chi connectivity index (χ2v) is 10.4. The maximum Gasteiger partial charge on any atom is 0.343 e. The molecule has 0 radical (unpaired) electrons. The van der Waals surface area contributed by atoms with Crippen molar-refractivity contribution in [2.45, 2.75) is 63.6 Å². The molecule has 4 aliphatic rings. The van der Waals surface area contributed by atoms with Crippen molar-refractivity contribution in [3.63, 3.8) is 0 Å². The van der Waals surface area contributed by atoms with Crippen LogP contribution in [-0.4, -0.2) is 58.9 Å². The second kappa shape index (κ2) is 9.19. The molecule has 0 spiro atoms. The monoisotopic (exact) mass is 472 g/mol. The summed E-state index contributed by atoms with van der Waals surface area (Å²) >= 11 is 0. The van der Waals surface area contributed by atoms with Gasteiger partial charge in [-0.3, -0.25) is 4.79 Å². The SMILES string of the molecule is Cc1cc(NC(=O)C[N+]23CCC(CC2)[C@@H](OC(=O)C(O)(c2ccoc2)C2CCCCC2)C3)no1. The molecule has 2 atom stereocenters. The van der Waals surface area contributed by atoms with E-state index in [0.29, 0.717) is 34.7 Å². The van der Waals surface area contributed by atoms with E-state index in [-0.39, 0.29) is 23.8 Å². The number of fused-ring (bicyclic) bond motifs is 3. The molecule has 9 heteroatoms. The Hall–Kier alpha value is -2.65. The molecule has 3 aliphatic heterocycles. The Labute approximate surface area is 199 Å². The van der Waals surface area contributed by atoms with Gasteiger partial charge in [-0.1, -0.05) is 24.4 Å². The number of aromatic nitrogens is 1. The lowest BCUT2D eigenvalue weighted by Gasteiger charge is -2.52. The molecule has 2 aromatic rings. The van der Waals surface area contributed by atoms with Crippen LogP contribution in [0.4, 0.5) is 5.82 Å². The van der Waals surface area contributed by atoms with E-state index >= 15 is 0 Å². The van der Waals surface area contributed by atoms with Crippen molar-refractivity contribution < 1.29 is 32.9 Å². The molecule has 2 aromatic heterocycles. The third-order valence-corrected chi connectivity index (χ3v) is 8.14. The van der Waals surface area contributed by atoms with Gasteiger partial charge in [0.15, 0.2) is 24.1 Å². The summed E-state index contributed by atoms with van der Waals surface area (Å²) in [6.45, 7) is 4.39. The molecule has 3 saturated heterocycles. The van der Waals surface area contributed by atoms with Crippen molar-refractivity contribution in [1.29, 1.82) is 0 Å². The van der Waals surface area contributed by atoms with Crippen LogP contribution in [-0.2, 0) is 19.9 Å². The fraction of sp³-hybridized carbons (Fsp3) is 0.640. The maximum atomic E-state index is 13.6. The van der Waals surface area contributed by atoms with Crippen LogP contribution in [0.3, 0.4) is 0 Å². The highest BCUT2D eigenvalue weighted by Gasteiger charge is 2.53. The molecule has 0 aromatic carbocycles. The Kier molecular flexibility index (Phi) is 6.24. The average Bonchev–Trinajstić information content (AvgIpc) is 3.52. The normalized spacial score (nSPS) is 28.9. The van der Waals surface area contributed by atoms with Crippen LogP contribution in [0.15, 0.2) is 33.6 Å². The molecule has 1 aliphatic carbocycles. The minimum Gasteiger partial charge on any atom is -0.472 e. The number of quaternary nitrogens is 1. The highest BCUT2D eigenvalue weighted by molar-refractivity contribution is 5.90. The minimum atomic E-state index is -1.70. The van der Waals surface area contributed by atoms with Crippen LogP contribution in [0.5, 0.6) is 0 Å². The van der Waals surface area contributed by atoms with E-state index < -0.39 is 11.6 Å². The maximum absolute atomic E-state index is 13.6. The molecule has 184 valence electrons. The Balaban J connectivity index is 1.29. The third-order valence-electron chi connectivity index (χ3n) is 8.14. The fourth-order valence-corrected chi connectivity index (χ4v) is 6.24. The summed E-state index contributed by atoms with van der Waals surface area (Å²) in [5.74, 6) is 0.401. The summed E-state index contributed by atoms with van der Waals surface area (Å²) in [6, 6.07) is 3.35. The van der Waals surface area contributed by atoms with Crippen LogP contribution >= 0.6 is 0 Å². The molecule has 2 bridgehead atoms. The number of aliphatic hydroxyl groups is 1. The zero-order chi connectivity index (χ0) is 23.8. The first-order chi connectivity index (χ1) is 16.4. The predicted molar refractivity (Wildman–Crippen MR) is 121 cm³/mol. The number of furan rings is 1. The number of rotatable bonds is 7. The summed E-state index contributed by atoms with van der Waals surface area (Å²) in [4.78, 5) is 26.3. The number of aryl methyl sites for hydroxylation is 1. The number of amides is 1. The fourth-order valence-electron chi connectivity index (χ4n) is 6.24. The number of hydrogen-bond donors (Lipinski definition) is 2. The van der Waals surface area contributed by atoms with Crippen molar-refractivity contribution in [1.82, 2.24) is 5.16 Å². The van der Waals surface area contributed by atoms with E-state index in [1.807, 2.05) is 0 Å². The number of carbonyl (C=O) groups is 2. The Bertz CT molecular complexity index is 1000. The molecular weight excluding hydrogens is 438 g/mol. The smallest absolute Gasteiger partial charge is 0.343 e. The summed E-state index contributed by atoms with van der Waals surface area (Å²) in [6.07, 6.45) is 9.07. The van der Waals surface area contributed by atoms with Crippen LogP contribution in [0, 0.1) is 18.8 Å². The second-order valence-electron chi connectivity index (χ2n) is 10.4. The van der Waals surface area contributed by atoms with Gasteiger partial charge in [0.05, 0.1) is 25.6 Å². The van der Waals surface area contributed by atoms with Gasteiger partial charge in [-0.25, -0.2) is 4.79 Å². The van der Waals surface area contributed by atoms with Gasteiger partial charge in [-0.15, -0.1) is 0 Å². The van der Waals surface area contributed by atoms with E-state index in [0.717, 1.165) is 58.0 Å². The van der Waals surface area contributed by atoms with Crippen LogP contribution < -0.4 is 5.32 Å². The van der Waals surface area contributed by atoms with E-state index in [2.05, 4.69) is 10.5 Å². The molecule has 6 rings (SSSR count). The van der Waals surface area contributed by atoms with Crippen molar-refractivity contribution in [3.8, 4) is 0 Å². The van der Waals surface area contributed by atoms with Gasteiger partial charge < -0.3 is 28.6 Å². The highest BCUT2D eigenvalue weighted by atomic mass is 16.6. The lowest BCUT2D eigenvalue weighted by atomic mass is 9.74. The molecular formula is C25H34N3O6+. The molecule has 1 saturated carbocycles. The molecule has 5 heterocycles. The Morgan fingerprint density at radius 2 is 2.00 bits per heavy atom. The van der Waals surface area contributed by atoms with E-state index in [1.54, 1.807) is 19.1 Å². The van der Waals surface area contributed by atoms with Gasteiger partial charge >= 0.3 is 5.97 Å². The number of nitrogens with zero attached hydrogens (tertiary/aromatic N) is 2. The lowest BCUT2D eigenvalue weighted by Crippen LogP contribution is -2.66. The van der Waals surface area contributed by atoms with Gasteiger partial charge in [-0.2, -0.15) is 0 Å². The average molecular weight is 473 g/mol. The van der Waals surface area contributed by atoms with Gasteiger partial charge in [0.1, 0.15) is 12.3 Å². The van der Waals surface area contributed by atoms with Crippen LogP contribution in [0.25, 0.3) is 0 Å². The first-order valence-corrected chi connectivity index (χ1v) is 12.4. The summed E-state index contributed by atoms with van der Waals surface area (Å²) in [7, 11) is 0. The minimum absolute atomic E-state index is 0.129. The highest BCUT2D eigenvalue weighted by Crippen LogP contribution is 2.42. The molecule has 1 amide bonds. The molecule has 9 nitrogen and oxygen atoms in total. The lowest BCUT2D eigenvalue weighted by molar-refractivity contribution is -0.939. The molecule has 1 unspecified atom stereocenters. The van der Waals surface area contributed by atoms with Crippen molar-refractivity contribution >= 4 is 17.7 Å². The van der Waals surface area contributed by atoms with Gasteiger partial charge in [0, 0.05) is 36.3 Å². The number of piperidine rings is 3. The van der Waals surface area contributed by atoms with E-state index in [1.165, 1.54) is 12.5 Å². The Morgan fingerprint density at radius 1 is 1.24 bits per heavy atom. The van der Waals surface area contributed by atoms with E-state index in [9.17, 15) is 14.7 Å². The van der Waals surface area contributed by atoms with Crippen molar-refractivity contribution in [2.75, 3.05) is 31.5 Å². The number of carbonyl (C=O) groups excluding carboxylic acids is 2. The predicted octanol–water partition coefficient (Wildman–Crippen LogP) is 3.13. The third kappa shape index (κ3) is 4.38. The molecule has 4 fully saturated rings. The van der Waals surface area contributed by atoms with Gasteiger partial charge in [-0.05, 0) is 25.8 Å². The van der Waals surface area contributed by atoms with Crippen molar-refractivity contribution in [2.24, 2.45) is 11.8 Å². The first-order valence-electron chi connectivity index (χ1n) is 12.4. The number of anilines is 1. The van der Waals surface area contributed by atoms with Crippen molar-refractivity contribution in [3.05, 3.63) is 36.0 Å². The van der Waals surface area contributed by atoms with E-state index in [4.69, 9.17) is 13.7 Å². The van der Waals surface area contributed by atoms with Crippen LogP contribution in [0.1, 0.15) is 56.3 Å².